The number of aryl methyl sites for hydroxylation is 1. The molecule has 0 bridgehead atoms. The predicted octanol–water partition coefficient (Wildman–Crippen LogP) is 5.68. The van der Waals surface area contributed by atoms with Crippen LogP contribution in [-0.2, 0) is 7.05 Å². The second-order valence-electron chi connectivity index (χ2n) is 8.63. The first kappa shape index (κ1) is 22.6. The number of urea groups is 1. The lowest BCUT2D eigenvalue weighted by Crippen LogP contribution is -2.20. The van der Waals surface area contributed by atoms with Crippen molar-refractivity contribution in [2.75, 3.05) is 10.6 Å². The third-order valence-corrected chi connectivity index (χ3v) is 6.12. The average Bonchev–Trinajstić information content (AvgIpc) is 3.59. The number of nitrogens with zero attached hydrogens (tertiary/aromatic N) is 5. The molecule has 0 spiro atoms. The number of pyridine rings is 1. The van der Waals surface area contributed by atoms with Gasteiger partial charge in [-0.2, -0.15) is 10.2 Å². The third kappa shape index (κ3) is 5.01. The quantitative estimate of drug-likeness (QED) is 0.374. The highest BCUT2D eigenvalue weighted by molar-refractivity contribution is 6.00. The largest absolute Gasteiger partial charge is 0.457 e. The first-order valence-electron chi connectivity index (χ1n) is 11.5. The summed E-state index contributed by atoms with van der Waals surface area (Å²) >= 11 is 0. The lowest BCUT2D eigenvalue weighted by atomic mass is 10.2. The second-order valence-corrected chi connectivity index (χ2v) is 8.63. The molecule has 35 heavy (non-hydrogen) atoms. The van der Waals surface area contributed by atoms with Crippen LogP contribution in [0.25, 0.3) is 11.3 Å². The molecule has 0 unspecified atom stereocenters. The Labute approximate surface area is 201 Å². The van der Waals surface area contributed by atoms with Crippen LogP contribution in [0.15, 0.2) is 55.1 Å². The summed E-state index contributed by atoms with van der Waals surface area (Å²) in [7, 11) is 1.83. The normalized spacial score (nSPS) is 13.7. The number of carbonyl (C=O) groups is 1. The molecule has 0 atom stereocenters. The molecule has 0 radical (unpaired) electrons. The Kier molecular flexibility index (Phi) is 6.17. The molecule has 1 saturated carbocycles. The molecule has 10 heteroatoms. The van der Waals surface area contributed by atoms with E-state index >= 15 is 0 Å². The van der Waals surface area contributed by atoms with Gasteiger partial charge in [-0.3, -0.25) is 14.3 Å². The third-order valence-electron chi connectivity index (χ3n) is 6.12. The van der Waals surface area contributed by atoms with Crippen LogP contribution >= 0.6 is 0 Å². The first-order chi connectivity index (χ1) is 17.0. The summed E-state index contributed by atoms with van der Waals surface area (Å²) in [6, 6.07) is 7.55. The van der Waals surface area contributed by atoms with Crippen molar-refractivity contribution >= 4 is 17.4 Å². The Bertz CT molecular complexity index is 1360. The number of halogens is 1. The number of hydrogen-bond donors (Lipinski definition) is 2. The van der Waals surface area contributed by atoms with Crippen LogP contribution in [0, 0.1) is 12.7 Å². The molecule has 180 valence electrons. The summed E-state index contributed by atoms with van der Waals surface area (Å²) < 4.78 is 24.2. The molecule has 3 heterocycles. The van der Waals surface area contributed by atoms with Gasteiger partial charge in [0.05, 0.1) is 41.2 Å². The topological polar surface area (TPSA) is 98.9 Å². The molecule has 9 nitrogen and oxygen atoms in total. The molecule has 1 aliphatic rings. The predicted molar refractivity (Wildman–Crippen MR) is 130 cm³/mol. The Morgan fingerprint density at radius 2 is 1.83 bits per heavy atom. The van der Waals surface area contributed by atoms with E-state index in [4.69, 9.17) is 4.74 Å². The van der Waals surface area contributed by atoms with Gasteiger partial charge in [-0.15, -0.1) is 0 Å². The summed E-state index contributed by atoms with van der Waals surface area (Å²) in [5, 5.41) is 13.9. The molecule has 0 saturated heterocycles. The van der Waals surface area contributed by atoms with Gasteiger partial charge in [0.2, 0.25) is 0 Å². The number of rotatable bonds is 6. The van der Waals surface area contributed by atoms with Crippen molar-refractivity contribution < 1.29 is 13.9 Å². The maximum absolute atomic E-state index is 14.7. The molecule has 1 aliphatic carbocycles. The SMILES string of the molecule is Cc1c(NC(=O)Nc2ccc(Oc3ccnc(-c4cnn(C)c4)c3)cc2F)cnn1C1CCCC1. The number of amides is 2. The van der Waals surface area contributed by atoms with Gasteiger partial charge in [0.1, 0.15) is 17.3 Å². The fourth-order valence-electron chi connectivity index (χ4n) is 4.32. The molecular weight excluding hydrogens is 449 g/mol. The molecule has 4 aromatic rings. The number of anilines is 2. The Balaban J connectivity index is 1.23. The first-order valence-corrected chi connectivity index (χ1v) is 11.5. The van der Waals surface area contributed by atoms with Gasteiger partial charge in [0, 0.05) is 37.1 Å². The van der Waals surface area contributed by atoms with E-state index in [0.29, 0.717) is 28.9 Å². The summed E-state index contributed by atoms with van der Waals surface area (Å²) in [5.74, 6) is 0.189. The van der Waals surface area contributed by atoms with E-state index in [-0.39, 0.29) is 5.69 Å². The highest BCUT2D eigenvalue weighted by Gasteiger charge is 2.21. The molecule has 2 N–H and O–H groups in total. The van der Waals surface area contributed by atoms with Crippen molar-refractivity contribution in [2.45, 2.75) is 38.6 Å². The van der Waals surface area contributed by atoms with Crippen LogP contribution in [0.1, 0.15) is 37.4 Å². The van der Waals surface area contributed by atoms with Crippen molar-refractivity contribution in [1.29, 1.82) is 0 Å². The Morgan fingerprint density at radius 1 is 1.06 bits per heavy atom. The minimum absolute atomic E-state index is 0.0430. The van der Waals surface area contributed by atoms with Crippen LogP contribution in [0.4, 0.5) is 20.6 Å². The van der Waals surface area contributed by atoms with E-state index in [9.17, 15) is 9.18 Å². The average molecular weight is 476 g/mol. The standard InChI is InChI=1S/C25H26FN7O2/c1-16-24(14-29-33(16)18-5-3-4-6-18)31-25(34)30-22-8-7-19(11-21(22)26)35-20-9-10-27-23(12-20)17-13-28-32(2)15-17/h7-15,18H,3-6H2,1-2H3,(H2,30,31,34). The molecule has 2 amide bonds. The van der Waals surface area contributed by atoms with Crippen molar-refractivity contribution in [3.8, 4) is 22.8 Å². The van der Waals surface area contributed by atoms with Gasteiger partial charge in [0.15, 0.2) is 0 Å². The molecule has 0 aliphatic heterocycles. The smallest absolute Gasteiger partial charge is 0.323 e. The molecule has 5 rings (SSSR count). The fraction of sp³-hybridized carbons (Fsp3) is 0.280. The van der Waals surface area contributed by atoms with Gasteiger partial charge in [0.25, 0.3) is 0 Å². The number of hydrogen-bond acceptors (Lipinski definition) is 5. The summed E-state index contributed by atoms with van der Waals surface area (Å²) in [4.78, 5) is 16.8. The maximum atomic E-state index is 14.7. The van der Waals surface area contributed by atoms with Crippen LogP contribution in [0.2, 0.25) is 0 Å². The highest BCUT2D eigenvalue weighted by atomic mass is 19.1. The van der Waals surface area contributed by atoms with E-state index in [1.807, 2.05) is 24.9 Å². The zero-order chi connectivity index (χ0) is 24.4. The number of nitrogens with one attached hydrogen (secondary N) is 2. The number of carbonyl (C=O) groups excluding carboxylic acids is 1. The van der Waals surface area contributed by atoms with E-state index in [2.05, 4.69) is 25.8 Å². The van der Waals surface area contributed by atoms with Gasteiger partial charge in [-0.05, 0) is 38.0 Å². The monoisotopic (exact) mass is 475 g/mol. The number of ether oxygens (including phenoxy) is 1. The van der Waals surface area contributed by atoms with Crippen LogP contribution in [0.5, 0.6) is 11.5 Å². The Morgan fingerprint density at radius 3 is 2.57 bits per heavy atom. The zero-order valence-electron chi connectivity index (χ0n) is 19.5. The minimum atomic E-state index is -0.613. The van der Waals surface area contributed by atoms with Crippen LogP contribution < -0.4 is 15.4 Å². The molecule has 3 aromatic heterocycles. The fourth-order valence-corrected chi connectivity index (χ4v) is 4.32. The minimum Gasteiger partial charge on any atom is -0.457 e. The summed E-state index contributed by atoms with van der Waals surface area (Å²) in [6.45, 7) is 1.92. The number of aromatic nitrogens is 5. The van der Waals surface area contributed by atoms with E-state index in [1.54, 1.807) is 41.5 Å². The van der Waals surface area contributed by atoms with Crippen molar-refractivity contribution in [2.24, 2.45) is 7.05 Å². The van der Waals surface area contributed by atoms with Crippen molar-refractivity contribution in [1.82, 2.24) is 24.5 Å². The van der Waals surface area contributed by atoms with E-state index < -0.39 is 11.8 Å². The molecule has 1 fully saturated rings. The van der Waals surface area contributed by atoms with Gasteiger partial charge in [-0.25, -0.2) is 9.18 Å². The lowest BCUT2D eigenvalue weighted by molar-refractivity contribution is 0.262. The van der Waals surface area contributed by atoms with Gasteiger partial charge in [-0.1, -0.05) is 12.8 Å². The van der Waals surface area contributed by atoms with E-state index in [1.165, 1.54) is 25.0 Å². The second kappa shape index (κ2) is 9.57. The Hall–Kier alpha value is -4.21. The lowest BCUT2D eigenvalue weighted by Gasteiger charge is -2.13. The summed E-state index contributed by atoms with van der Waals surface area (Å²) in [6.07, 6.45) is 11.4. The molecular formula is C25H26FN7O2. The van der Waals surface area contributed by atoms with Gasteiger partial charge < -0.3 is 15.4 Å². The molecule has 1 aromatic carbocycles. The summed E-state index contributed by atoms with van der Waals surface area (Å²) in [5.41, 5.74) is 3.08. The van der Waals surface area contributed by atoms with Gasteiger partial charge >= 0.3 is 6.03 Å². The van der Waals surface area contributed by atoms with Crippen LogP contribution in [0.3, 0.4) is 0 Å². The van der Waals surface area contributed by atoms with E-state index in [0.717, 1.165) is 24.1 Å². The maximum Gasteiger partial charge on any atom is 0.323 e. The highest BCUT2D eigenvalue weighted by Crippen LogP contribution is 2.32. The van der Waals surface area contributed by atoms with Crippen LogP contribution in [-0.4, -0.2) is 30.6 Å². The number of benzene rings is 1. The zero-order valence-corrected chi connectivity index (χ0v) is 19.5. The van der Waals surface area contributed by atoms with Crippen molar-refractivity contribution in [3.63, 3.8) is 0 Å². The van der Waals surface area contributed by atoms with Crippen molar-refractivity contribution in [3.05, 3.63) is 66.6 Å².